The fourth-order valence-electron chi connectivity index (χ4n) is 1.44. The van der Waals surface area contributed by atoms with Crippen molar-refractivity contribution in [3.8, 4) is 0 Å². The number of aliphatic carboxylic acids is 1. The van der Waals surface area contributed by atoms with Crippen LogP contribution in [0, 0.1) is 6.92 Å². The van der Waals surface area contributed by atoms with Crippen LogP contribution in [0.2, 0.25) is 0 Å². The van der Waals surface area contributed by atoms with Gasteiger partial charge in [-0.15, -0.1) is 0 Å². The maximum Gasteiger partial charge on any atom is 0.352 e. The lowest BCUT2D eigenvalue weighted by Gasteiger charge is -2.04. The molecule has 0 aliphatic heterocycles. The van der Waals surface area contributed by atoms with Gasteiger partial charge >= 0.3 is 11.9 Å². The molecule has 0 aliphatic carbocycles. The third kappa shape index (κ3) is 2.59. The van der Waals surface area contributed by atoms with Gasteiger partial charge in [0.05, 0.1) is 6.42 Å². The van der Waals surface area contributed by atoms with E-state index in [2.05, 4.69) is 4.98 Å². The number of carboxylic acid groups (broad SMARTS) is 2. The maximum absolute atomic E-state index is 10.7. The maximum atomic E-state index is 10.7. The average molecular weight is 211 g/mol. The number of aryl methyl sites for hydroxylation is 1. The molecule has 0 amide bonds. The van der Waals surface area contributed by atoms with Crippen LogP contribution in [0.3, 0.4) is 0 Å². The Morgan fingerprint density at radius 3 is 2.47 bits per heavy atom. The number of aromatic amines is 1. The third-order valence-electron chi connectivity index (χ3n) is 2.26. The molecule has 0 aliphatic rings. The standard InChI is InChI=1S/C10H13NO4/c1-5(4-8(12)13)7-3-6(2)9(11-7)10(14)15/h3,5,11H,4H2,1-2H3,(H,12,13)(H,14,15). The van der Waals surface area contributed by atoms with Crippen LogP contribution < -0.4 is 0 Å². The minimum atomic E-state index is -1.03. The van der Waals surface area contributed by atoms with Crippen molar-refractivity contribution in [3.05, 3.63) is 23.0 Å². The first-order valence-electron chi connectivity index (χ1n) is 4.56. The number of carbonyl (C=O) groups is 2. The lowest BCUT2D eigenvalue weighted by Crippen LogP contribution is -2.04. The Morgan fingerprint density at radius 1 is 1.47 bits per heavy atom. The fourth-order valence-corrected chi connectivity index (χ4v) is 1.44. The summed E-state index contributed by atoms with van der Waals surface area (Å²) in [5.74, 6) is -2.14. The van der Waals surface area contributed by atoms with Gasteiger partial charge in [-0.2, -0.15) is 0 Å². The zero-order valence-electron chi connectivity index (χ0n) is 8.57. The van der Waals surface area contributed by atoms with Crippen LogP contribution in [0.5, 0.6) is 0 Å². The topological polar surface area (TPSA) is 90.4 Å². The SMILES string of the molecule is Cc1cc(C(C)CC(=O)O)[nH]c1C(=O)O. The van der Waals surface area contributed by atoms with Crippen molar-refractivity contribution in [2.24, 2.45) is 0 Å². The van der Waals surface area contributed by atoms with Crippen LogP contribution in [-0.2, 0) is 4.79 Å². The van der Waals surface area contributed by atoms with Gasteiger partial charge in [-0.3, -0.25) is 4.79 Å². The van der Waals surface area contributed by atoms with E-state index in [-0.39, 0.29) is 18.0 Å². The van der Waals surface area contributed by atoms with Crippen LogP contribution in [-0.4, -0.2) is 27.1 Å². The zero-order chi connectivity index (χ0) is 11.6. The smallest absolute Gasteiger partial charge is 0.352 e. The van der Waals surface area contributed by atoms with Crippen LogP contribution in [0.4, 0.5) is 0 Å². The summed E-state index contributed by atoms with van der Waals surface area (Å²) in [6.07, 6.45) is -0.0149. The van der Waals surface area contributed by atoms with Crippen molar-refractivity contribution < 1.29 is 19.8 Å². The van der Waals surface area contributed by atoms with Crippen LogP contribution in [0.15, 0.2) is 6.07 Å². The van der Waals surface area contributed by atoms with Gasteiger partial charge in [-0.1, -0.05) is 6.92 Å². The molecule has 0 saturated carbocycles. The quantitative estimate of drug-likeness (QED) is 0.705. The van der Waals surface area contributed by atoms with Gasteiger partial charge in [0.25, 0.3) is 0 Å². The summed E-state index contributed by atoms with van der Waals surface area (Å²) in [4.78, 5) is 23.9. The van der Waals surface area contributed by atoms with Gasteiger partial charge in [0, 0.05) is 11.6 Å². The molecule has 0 fully saturated rings. The van der Waals surface area contributed by atoms with Gasteiger partial charge in [-0.05, 0) is 18.6 Å². The number of hydrogen-bond donors (Lipinski definition) is 3. The number of nitrogens with one attached hydrogen (secondary N) is 1. The van der Waals surface area contributed by atoms with Crippen molar-refractivity contribution in [1.29, 1.82) is 0 Å². The second-order valence-electron chi connectivity index (χ2n) is 3.59. The molecule has 0 aromatic carbocycles. The summed E-state index contributed by atoms with van der Waals surface area (Å²) in [6, 6.07) is 1.68. The van der Waals surface area contributed by atoms with Crippen molar-refractivity contribution in [2.45, 2.75) is 26.2 Å². The summed E-state index contributed by atoms with van der Waals surface area (Å²) in [7, 11) is 0. The molecule has 0 radical (unpaired) electrons. The fraction of sp³-hybridized carbons (Fsp3) is 0.400. The third-order valence-corrected chi connectivity index (χ3v) is 2.26. The van der Waals surface area contributed by atoms with Gasteiger partial charge < -0.3 is 15.2 Å². The predicted molar refractivity (Wildman–Crippen MR) is 53.2 cm³/mol. The van der Waals surface area contributed by atoms with E-state index in [4.69, 9.17) is 10.2 Å². The minimum Gasteiger partial charge on any atom is -0.481 e. The Kier molecular flexibility index (Phi) is 3.14. The highest BCUT2D eigenvalue weighted by Gasteiger charge is 2.16. The largest absolute Gasteiger partial charge is 0.481 e. The van der Waals surface area contributed by atoms with Crippen LogP contribution in [0.25, 0.3) is 0 Å². The summed E-state index contributed by atoms with van der Waals surface area (Å²) in [5.41, 5.74) is 1.39. The van der Waals surface area contributed by atoms with Gasteiger partial charge in [-0.25, -0.2) is 4.79 Å². The molecule has 1 aromatic heterocycles. The molecule has 0 saturated heterocycles. The number of aromatic nitrogens is 1. The lowest BCUT2D eigenvalue weighted by molar-refractivity contribution is -0.137. The number of hydrogen-bond acceptors (Lipinski definition) is 2. The van der Waals surface area contributed by atoms with Gasteiger partial charge in [0.15, 0.2) is 0 Å². The average Bonchev–Trinajstić information content (AvgIpc) is 2.46. The summed E-state index contributed by atoms with van der Waals surface area (Å²) < 4.78 is 0. The Bertz CT molecular complexity index is 394. The highest BCUT2D eigenvalue weighted by atomic mass is 16.4. The monoisotopic (exact) mass is 211 g/mol. The normalized spacial score (nSPS) is 12.4. The molecular formula is C10H13NO4. The van der Waals surface area contributed by atoms with E-state index in [0.29, 0.717) is 11.3 Å². The molecule has 1 atom stereocenters. The molecule has 3 N–H and O–H groups in total. The first kappa shape index (κ1) is 11.3. The number of H-pyrrole nitrogens is 1. The van der Waals surface area contributed by atoms with E-state index < -0.39 is 11.9 Å². The first-order valence-corrected chi connectivity index (χ1v) is 4.56. The summed E-state index contributed by atoms with van der Waals surface area (Å²) in [6.45, 7) is 3.42. The van der Waals surface area contributed by atoms with Crippen molar-refractivity contribution in [3.63, 3.8) is 0 Å². The molecule has 82 valence electrons. The van der Waals surface area contributed by atoms with E-state index in [9.17, 15) is 9.59 Å². The van der Waals surface area contributed by atoms with Gasteiger partial charge in [0.1, 0.15) is 5.69 Å². The molecule has 5 heteroatoms. The number of rotatable bonds is 4. The van der Waals surface area contributed by atoms with E-state index in [1.54, 1.807) is 19.9 Å². The van der Waals surface area contributed by atoms with Crippen molar-refractivity contribution in [1.82, 2.24) is 4.98 Å². The van der Waals surface area contributed by atoms with Crippen LogP contribution >= 0.6 is 0 Å². The Labute approximate surface area is 86.7 Å². The molecule has 1 unspecified atom stereocenters. The number of aromatic carboxylic acids is 1. The van der Waals surface area contributed by atoms with Crippen molar-refractivity contribution in [2.75, 3.05) is 0 Å². The Morgan fingerprint density at radius 2 is 2.07 bits per heavy atom. The second kappa shape index (κ2) is 4.16. The first-order chi connectivity index (χ1) is 6.91. The van der Waals surface area contributed by atoms with E-state index in [1.807, 2.05) is 0 Å². The number of carboxylic acids is 2. The Hall–Kier alpha value is -1.78. The second-order valence-corrected chi connectivity index (χ2v) is 3.59. The van der Waals surface area contributed by atoms with Crippen molar-refractivity contribution >= 4 is 11.9 Å². The molecule has 0 bridgehead atoms. The van der Waals surface area contributed by atoms with Gasteiger partial charge in [0.2, 0.25) is 0 Å². The highest BCUT2D eigenvalue weighted by molar-refractivity contribution is 5.87. The molecular weight excluding hydrogens is 198 g/mol. The van der Waals surface area contributed by atoms with E-state index in [0.717, 1.165) is 0 Å². The lowest BCUT2D eigenvalue weighted by atomic mass is 10.0. The molecule has 5 nitrogen and oxygen atoms in total. The zero-order valence-corrected chi connectivity index (χ0v) is 8.57. The predicted octanol–water partition coefficient (Wildman–Crippen LogP) is 1.60. The van der Waals surface area contributed by atoms with Crippen LogP contribution in [0.1, 0.15) is 41.0 Å². The molecule has 1 heterocycles. The summed E-state index contributed by atoms with van der Waals surface area (Å²) in [5, 5.41) is 17.4. The minimum absolute atomic E-state index is 0.0149. The van der Waals surface area contributed by atoms with E-state index >= 15 is 0 Å². The molecule has 0 spiro atoms. The molecule has 15 heavy (non-hydrogen) atoms. The van der Waals surface area contributed by atoms with E-state index in [1.165, 1.54) is 0 Å². The molecule has 1 aromatic rings. The Balaban J connectivity index is 2.91. The summed E-state index contributed by atoms with van der Waals surface area (Å²) >= 11 is 0. The highest BCUT2D eigenvalue weighted by Crippen LogP contribution is 2.21. The molecule has 1 rings (SSSR count).